The van der Waals surface area contributed by atoms with Gasteiger partial charge in [0.05, 0.1) is 0 Å². The molecule has 0 spiro atoms. The molecular weight excluding hydrogens is 226 g/mol. The van der Waals surface area contributed by atoms with Crippen LogP contribution < -0.4 is 5.73 Å². The minimum Gasteiger partial charge on any atom is -0.508 e. The van der Waals surface area contributed by atoms with Crippen molar-refractivity contribution in [1.29, 1.82) is 0 Å². The molecule has 0 amide bonds. The molecule has 1 aliphatic carbocycles. The maximum atomic E-state index is 9.79. The Morgan fingerprint density at radius 3 is 2.67 bits per heavy atom. The first-order valence-electron chi connectivity index (χ1n) is 5.87. The van der Waals surface area contributed by atoms with Crippen molar-refractivity contribution in [1.82, 2.24) is 0 Å². The molecule has 0 saturated heterocycles. The lowest BCUT2D eigenvalue weighted by Crippen LogP contribution is -2.09. The highest BCUT2D eigenvalue weighted by Gasteiger charge is 2.15. The fourth-order valence-electron chi connectivity index (χ4n) is 2.05. The first kappa shape index (κ1) is 12.3. The largest absolute Gasteiger partial charge is 0.508 e. The van der Waals surface area contributed by atoms with E-state index in [4.69, 9.17) is 5.73 Å². The second kappa shape index (κ2) is 4.61. The molecule has 18 heavy (non-hydrogen) atoms. The molecule has 1 atom stereocenters. The van der Waals surface area contributed by atoms with E-state index in [1.54, 1.807) is 12.1 Å². The second-order valence-corrected chi connectivity index (χ2v) is 4.57. The molecule has 0 heterocycles. The van der Waals surface area contributed by atoms with Crippen LogP contribution in [0.2, 0.25) is 0 Å². The lowest BCUT2D eigenvalue weighted by molar-refractivity contribution is 0.450. The zero-order valence-corrected chi connectivity index (χ0v) is 10.5. The van der Waals surface area contributed by atoms with Crippen LogP contribution in [0.4, 0.5) is 0 Å². The number of nitrogens with two attached hydrogens (primary N) is 1. The van der Waals surface area contributed by atoms with Gasteiger partial charge in [-0.3, -0.25) is 0 Å². The third-order valence-corrected chi connectivity index (χ3v) is 3.25. The summed E-state index contributed by atoms with van der Waals surface area (Å²) in [4.78, 5) is 0. The molecule has 1 aromatic rings. The summed E-state index contributed by atoms with van der Waals surface area (Å²) in [5.74, 6) is 0.374. The van der Waals surface area contributed by atoms with Gasteiger partial charge in [0, 0.05) is 17.3 Å². The van der Waals surface area contributed by atoms with E-state index in [0.29, 0.717) is 5.56 Å². The molecule has 4 N–H and O–H groups in total. The molecule has 2 rings (SSSR count). The molecule has 1 aliphatic rings. The van der Waals surface area contributed by atoms with Crippen LogP contribution in [-0.2, 0) is 0 Å². The van der Waals surface area contributed by atoms with Crippen molar-refractivity contribution in [3.8, 4) is 11.5 Å². The van der Waals surface area contributed by atoms with E-state index in [1.807, 2.05) is 25.2 Å². The number of rotatable bonds is 1. The fourth-order valence-corrected chi connectivity index (χ4v) is 2.05. The van der Waals surface area contributed by atoms with E-state index in [9.17, 15) is 10.2 Å². The van der Waals surface area contributed by atoms with Gasteiger partial charge >= 0.3 is 0 Å². The molecule has 0 fully saturated rings. The van der Waals surface area contributed by atoms with Crippen LogP contribution in [0.25, 0.3) is 6.08 Å². The van der Waals surface area contributed by atoms with Crippen molar-refractivity contribution >= 4 is 6.08 Å². The van der Waals surface area contributed by atoms with Crippen molar-refractivity contribution in [2.45, 2.75) is 13.8 Å². The van der Waals surface area contributed by atoms with Gasteiger partial charge in [0.15, 0.2) is 0 Å². The molecule has 1 aromatic carbocycles. The monoisotopic (exact) mass is 243 g/mol. The summed E-state index contributed by atoms with van der Waals surface area (Å²) >= 11 is 0. The molecule has 1 unspecified atom stereocenters. The number of allylic oxidation sites excluding steroid dienone is 4. The molecular formula is C15H17NO2. The van der Waals surface area contributed by atoms with Gasteiger partial charge in [0.1, 0.15) is 11.5 Å². The van der Waals surface area contributed by atoms with E-state index in [1.165, 1.54) is 6.07 Å². The lowest BCUT2D eigenvalue weighted by atomic mass is 9.87. The highest BCUT2D eigenvalue weighted by Crippen LogP contribution is 2.32. The number of hydrogen-bond donors (Lipinski definition) is 3. The topological polar surface area (TPSA) is 66.5 Å². The van der Waals surface area contributed by atoms with Crippen molar-refractivity contribution in [3.63, 3.8) is 0 Å². The predicted octanol–water partition coefficient (Wildman–Crippen LogP) is 2.92. The summed E-state index contributed by atoms with van der Waals surface area (Å²) in [6.45, 7) is 4.05. The minimum atomic E-state index is 0.0537. The van der Waals surface area contributed by atoms with Crippen molar-refractivity contribution in [2.75, 3.05) is 0 Å². The van der Waals surface area contributed by atoms with Crippen LogP contribution in [0.3, 0.4) is 0 Å². The standard InChI is InChI=1S/C15H17NO2/c1-9-3-6-14(16)10(2)13(9)7-11-4-5-12(17)8-15(11)18/h3-9,17-18H,16H2,1-2H3. The van der Waals surface area contributed by atoms with Gasteiger partial charge < -0.3 is 15.9 Å². The Labute approximate surface area is 107 Å². The summed E-state index contributed by atoms with van der Waals surface area (Å²) in [7, 11) is 0. The second-order valence-electron chi connectivity index (χ2n) is 4.57. The van der Waals surface area contributed by atoms with Crippen LogP contribution in [0.5, 0.6) is 11.5 Å². The Morgan fingerprint density at radius 1 is 1.28 bits per heavy atom. The lowest BCUT2D eigenvalue weighted by Gasteiger charge is -2.19. The predicted molar refractivity (Wildman–Crippen MR) is 72.9 cm³/mol. The number of aromatic hydroxyl groups is 2. The van der Waals surface area contributed by atoms with Crippen LogP contribution in [0.1, 0.15) is 19.4 Å². The van der Waals surface area contributed by atoms with E-state index < -0.39 is 0 Å². The van der Waals surface area contributed by atoms with E-state index in [-0.39, 0.29) is 17.4 Å². The minimum absolute atomic E-state index is 0.0537. The van der Waals surface area contributed by atoms with Gasteiger partial charge in [-0.15, -0.1) is 0 Å². The Kier molecular flexibility index (Phi) is 3.15. The zero-order chi connectivity index (χ0) is 13.3. The Morgan fingerprint density at radius 2 is 2.00 bits per heavy atom. The Hall–Kier alpha value is -2.16. The van der Waals surface area contributed by atoms with Gasteiger partial charge in [0.25, 0.3) is 0 Å². The molecule has 3 heteroatoms. The molecule has 0 aliphatic heterocycles. The number of benzene rings is 1. The fraction of sp³-hybridized carbons (Fsp3) is 0.200. The SMILES string of the molecule is CC1=C(N)C=CC(C)C1=Cc1ccc(O)cc1O. The van der Waals surface area contributed by atoms with Crippen molar-refractivity contribution in [2.24, 2.45) is 11.7 Å². The van der Waals surface area contributed by atoms with Crippen molar-refractivity contribution in [3.05, 3.63) is 52.8 Å². The number of phenols is 2. The highest BCUT2D eigenvalue weighted by atomic mass is 16.3. The van der Waals surface area contributed by atoms with Crippen molar-refractivity contribution < 1.29 is 10.2 Å². The van der Waals surface area contributed by atoms with Crippen LogP contribution in [0.15, 0.2) is 47.2 Å². The van der Waals surface area contributed by atoms with E-state index >= 15 is 0 Å². The zero-order valence-electron chi connectivity index (χ0n) is 10.5. The van der Waals surface area contributed by atoms with Gasteiger partial charge in [-0.05, 0) is 48.3 Å². The molecule has 0 radical (unpaired) electrons. The number of phenolic OH excluding ortho intramolecular Hbond substituents is 2. The van der Waals surface area contributed by atoms with Gasteiger partial charge in [0.2, 0.25) is 0 Å². The van der Waals surface area contributed by atoms with Crippen LogP contribution >= 0.6 is 0 Å². The highest BCUT2D eigenvalue weighted by molar-refractivity contribution is 5.66. The van der Waals surface area contributed by atoms with Gasteiger partial charge in [-0.25, -0.2) is 0 Å². The summed E-state index contributed by atoms with van der Waals surface area (Å²) in [6.07, 6.45) is 5.85. The summed E-state index contributed by atoms with van der Waals surface area (Å²) < 4.78 is 0. The summed E-state index contributed by atoms with van der Waals surface area (Å²) in [6, 6.07) is 4.57. The molecule has 3 nitrogen and oxygen atoms in total. The average Bonchev–Trinajstić information content (AvgIpc) is 2.32. The molecule has 0 bridgehead atoms. The van der Waals surface area contributed by atoms with Crippen LogP contribution in [-0.4, -0.2) is 10.2 Å². The summed E-state index contributed by atoms with van der Waals surface area (Å²) in [5.41, 5.74) is 9.43. The number of hydrogen-bond acceptors (Lipinski definition) is 3. The first-order valence-corrected chi connectivity index (χ1v) is 5.87. The van der Waals surface area contributed by atoms with E-state index in [0.717, 1.165) is 16.8 Å². The molecule has 94 valence electrons. The first-order chi connectivity index (χ1) is 8.49. The quantitative estimate of drug-likeness (QED) is 0.710. The maximum absolute atomic E-state index is 9.79. The molecule has 0 aromatic heterocycles. The Bertz CT molecular complexity index is 568. The average molecular weight is 243 g/mol. The smallest absolute Gasteiger partial charge is 0.126 e. The van der Waals surface area contributed by atoms with Crippen LogP contribution in [0, 0.1) is 5.92 Å². The summed E-state index contributed by atoms with van der Waals surface area (Å²) in [5, 5.41) is 19.1. The third kappa shape index (κ3) is 2.25. The normalized spacial score (nSPS) is 21.7. The van der Waals surface area contributed by atoms with E-state index in [2.05, 4.69) is 6.92 Å². The maximum Gasteiger partial charge on any atom is 0.126 e. The van der Waals surface area contributed by atoms with Gasteiger partial charge in [-0.1, -0.05) is 13.0 Å². The van der Waals surface area contributed by atoms with Gasteiger partial charge in [-0.2, -0.15) is 0 Å². The third-order valence-electron chi connectivity index (χ3n) is 3.25. The molecule has 0 saturated carbocycles. The Balaban J connectivity index is 2.47.